The van der Waals surface area contributed by atoms with E-state index in [0.717, 1.165) is 17.1 Å². The molecule has 0 saturated carbocycles. The number of aromatic nitrogens is 3. The van der Waals surface area contributed by atoms with Gasteiger partial charge in [-0.1, -0.05) is 29.8 Å². The fourth-order valence-electron chi connectivity index (χ4n) is 2.29. The standard InChI is InChI=1S/C19H20ClN5O2/c1-26-15-6-8-16(9-7-15)27-11-10-21-19-24-18(13-23-25-19)22-12-14-4-2-3-5-17(14)20/h2-9,13H,10-12H2,1H3,(H2,21,22,24,25). The van der Waals surface area contributed by atoms with Crippen LogP contribution < -0.4 is 20.1 Å². The second kappa shape index (κ2) is 9.59. The number of ether oxygens (including phenoxy) is 2. The monoisotopic (exact) mass is 385 g/mol. The lowest BCUT2D eigenvalue weighted by atomic mass is 10.2. The molecule has 0 radical (unpaired) electrons. The van der Waals surface area contributed by atoms with E-state index < -0.39 is 0 Å². The molecule has 0 atom stereocenters. The van der Waals surface area contributed by atoms with Crippen LogP contribution in [-0.2, 0) is 6.54 Å². The molecular formula is C19H20ClN5O2. The van der Waals surface area contributed by atoms with Gasteiger partial charge < -0.3 is 20.1 Å². The smallest absolute Gasteiger partial charge is 0.244 e. The molecule has 3 rings (SSSR count). The zero-order chi connectivity index (χ0) is 18.9. The van der Waals surface area contributed by atoms with E-state index >= 15 is 0 Å². The fraction of sp³-hybridized carbons (Fsp3) is 0.211. The van der Waals surface area contributed by atoms with E-state index in [-0.39, 0.29) is 0 Å². The Kier molecular flexibility index (Phi) is 6.65. The molecule has 0 aliphatic rings. The molecule has 0 bridgehead atoms. The lowest BCUT2D eigenvalue weighted by Gasteiger charge is -2.09. The molecule has 0 unspecified atom stereocenters. The summed E-state index contributed by atoms with van der Waals surface area (Å²) in [7, 11) is 1.63. The Hall–Kier alpha value is -3.06. The second-order valence-corrected chi connectivity index (χ2v) is 5.97. The molecular weight excluding hydrogens is 366 g/mol. The zero-order valence-corrected chi connectivity index (χ0v) is 15.6. The average Bonchev–Trinajstić information content (AvgIpc) is 2.71. The number of nitrogens with one attached hydrogen (secondary N) is 2. The summed E-state index contributed by atoms with van der Waals surface area (Å²) in [6, 6.07) is 15.1. The summed E-state index contributed by atoms with van der Waals surface area (Å²) in [6.45, 7) is 1.56. The van der Waals surface area contributed by atoms with E-state index in [1.807, 2.05) is 48.5 Å². The molecule has 0 amide bonds. The summed E-state index contributed by atoms with van der Waals surface area (Å²) in [6.07, 6.45) is 1.57. The highest BCUT2D eigenvalue weighted by atomic mass is 35.5. The van der Waals surface area contributed by atoms with Crippen LogP contribution in [0.5, 0.6) is 11.5 Å². The molecule has 0 spiro atoms. The average molecular weight is 386 g/mol. The first-order valence-electron chi connectivity index (χ1n) is 8.42. The number of anilines is 2. The first-order valence-corrected chi connectivity index (χ1v) is 8.80. The number of nitrogens with zero attached hydrogens (tertiary/aromatic N) is 3. The Morgan fingerprint density at radius 1 is 1.00 bits per heavy atom. The maximum atomic E-state index is 6.15. The van der Waals surface area contributed by atoms with E-state index in [1.165, 1.54) is 0 Å². The fourth-order valence-corrected chi connectivity index (χ4v) is 2.50. The van der Waals surface area contributed by atoms with Crippen molar-refractivity contribution >= 4 is 23.4 Å². The van der Waals surface area contributed by atoms with Crippen LogP contribution in [0.1, 0.15) is 5.56 Å². The summed E-state index contributed by atoms with van der Waals surface area (Å²) in [5.41, 5.74) is 0.986. The van der Waals surface area contributed by atoms with Crippen LogP contribution in [-0.4, -0.2) is 35.4 Å². The molecule has 2 aromatic carbocycles. The predicted octanol–water partition coefficient (Wildman–Crippen LogP) is 3.64. The normalized spacial score (nSPS) is 10.3. The van der Waals surface area contributed by atoms with E-state index in [0.29, 0.717) is 36.5 Å². The van der Waals surface area contributed by atoms with Gasteiger partial charge in [0.05, 0.1) is 19.9 Å². The van der Waals surface area contributed by atoms with Gasteiger partial charge in [0.1, 0.15) is 18.1 Å². The lowest BCUT2D eigenvalue weighted by molar-refractivity contribution is 0.331. The Balaban J connectivity index is 1.45. The van der Waals surface area contributed by atoms with Crippen molar-refractivity contribution in [1.29, 1.82) is 0 Å². The molecule has 1 aromatic heterocycles. The molecule has 27 heavy (non-hydrogen) atoms. The molecule has 2 N–H and O–H groups in total. The van der Waals surface area contributed by atoms with Gasteiger partial charge in [0, 0.05) is 11.6 Å². The summed E-state index contributed by atoms with van der Waals surface area (Å²) in [5.74, 6) is 2.61. The maximum absolute atomic E-state index is 6.15. The van der Waals surface area contributed by atoms with Crippen LogP contribution in [0.25, 0.3) is 0 Å². The van der Waals surface area contributed by atoms with E-state index in [4.69, 9.17) is 21.1 Å². The Morgan fingerprint density at radius 2 is 1.78 bits per heavy atom. The lowest BCUT2D eigenvalue weighted by Crippen LogP contribution is -2.14. The molecule has 140 valence electrons. The highest BCUT2D eigenvalue weighted by Crippen LogP contribution is 2.17. The third-order valence-corrected chi connectivity index (χ3v) is 4.06. The predicted molar refractivity (Wildman–Crippen MR) is 106 cm³/mol. The summed E-state index contributed by atoms with van der Waals surface area (Å²) in [4.78, 5) is 4.37. The van der Waals surface area contributed by atoms with Gasteiger partial charge in [-0.05, 0) is 35.9 Å². The van der Waals surface area contributed by atoms with Gasteiger partial charge in [-0.3, -0.25) is 0 Å². The first-order chi connectivity index (χ1) is 13.2. The second-order valence-electron chi connectivity index (χ2n) is 5.56. The minimum atomic E-state index is 0.428. The summed E-state index contributed by atoms with van der Waals surface area (Å²) in [5, 5.41) is 14.9. The Bertz CT molecular complexity index is 861. The number of hydrogen-bond donors (Lipinski definition) is 2. The van der Waals surface area contributed by atoms with Crippen molar-refractivity contribution < 1.29 is 9.47 Å². The number of hydrogen-bond acceptors (Lipinski definition) is 7. The van der Waals surface area contributed by atoms with Crippen molar-refractivity contribution in [2.24, 2.45) is 0 Å². The van der Waals surface area contributed by atoms with E-state index in [9.17, 15) is 0 Å². The van der Waals surface area contributed by atoms with Gasteiger partial charge in [-0.2, -0.15) is 10.1 Å². The summed E-state index contributed by atoms with van der Waals surface area (Å²) < 4.78 is 10.8. The highest BCUT2D eigenvalue weighted by Gasteiger charge is 2.03. The van der Waals surface area contributed by atoms with Crippen LogP contribution >= 0.6 is 11.6 Å². The molecule has 0 fully saturated rings. The minimum absolute atomic E-state index is 0.428. The topological polar surface area (TPSA) is 81.2 Å². The third-order valence-electron chi connectivity index (χ3n) is 3.69. The van der Waals surface area contributed by atoms with Gasteiger partial charge in [0.2, 0.25) is 5.95 Å². The van der Waals surface area contributed by atoms with Gasteiger partial charge in [-0.15, -0.1) is 5.10 Å². The zero-order valence-electron chi connectivity index (χ0n) is 14.9. The molecule has 8 heteroatoms. The SMILES string of the molecule is COc1ccc(OCCNc2nncc(NCc3ccccc3Cl)n2)cc1. The van der Waals surface area contributed by atoms with E-state index in [1.54, 1.807) is 13.3 Å². The minimum Gasteiger partial charge on any atom is -0.497 e. The number of benzene rings is 2. The largest absolute Gasteiger partial charge is 0.497 e. The molecule has 3 aromatic rings. The van der Waals surface area contributed by atoms with Crippen LogP contribution in [0.2, 0.25) is 5.02 Å². The van der Waals surface area contributed by atoms with Crippen molar-refractivity contribution in [2.75, 3.05) is 30.9 Å². The summed E-state index contributed by atoms with van der Waals surface area (Å²) >= 11 is 6.15. The number of rotatable bonds is 9. The molecule has 1 heterocycles. The third kappa shape index (κ3) is 5.72. The number of halogens is 1. The van der Waals surface area contributed by atoms with Gasteiger partial charge in [0.15, 0.2) is 5.82 Å². The van der Waals surface area contributed by atoms with Crippen molar-refractivity contribution in [3.05, 3.63) is 65.3 Å². The molecule has 0 saturated heterocycles. The van der Waals surface area contributed by atoms with Crippen LogP contribution in [0, 0.1) is 0 Å². The quantitative estimate of drug-likeness (QED) is 0.544. The van der Waals surface area contributed by atoms with Crippen LogP contribution in [0.4, 0.5) is 11.8 Å². The maximum Gasteiger partial charge on any atom is 0.244 e. The highest BCUT2D eigenvalue weighted by molar-refractivity contribution is 6.31. The van der Waals surface area contributed by atoms with Crippen molar-refractivity contribution in [1.82, 2.24) is 15.2 Å². The molecule has 0 aliphatic carbocycles. The van der Waals surface area contributed by atoms with Gasteiger partial charge >= 0.3 is 0 Å². The van der Waals surface area contributed by atoms with Crippen molar-refractivity contribution in [3.63, 3.8) is 0 Å². The van der Waals surface area contributed by atoms with Crippen molar-refractivity contribution in [2.45, 2.75) is 6.54 Å². The Labute approximate surface area is 162 Å². The number of methoxy groups -OCH3 is 1. The van der Waals surface area contributed by atoms with Crippen LogP contribution in [0.15, 0.2) is 54.7 Å². The molecule has 0 aliphatic heterocycles. The first kappa shape index (κ1) is 18.7. The van der Waals surface area contributed by atoms with Gasteiger partial charge in [-0.25, -0.2) is 0 Å². The van der Waals surface area contributed by atoms with Gasteiger partial charge in [0.25, 0.3) is 0 Å². The van der Waals surface area contributed by atoms with Crippen molar-refractivity contribution in [3.8, 4) is 11.5 Å². The van der Waals surface area contributed by atoms with E-state index in [2.05, 4.69) is 25.8 Å². The van der Waals surface area contributed by atoms with Crippen LogP contribution in [0.3, 0.4) is 0 Å². The Morgan fingerprint density at radius 3 is 2.56 bits per heavy atom. The molecule has 7 nitrogen and oxygen atoms in total.